The number of sulfonamides is 1. The molecule has 1 spiro atoms. The predicted octanol–water partition coefficient (Wildman–Crippen LogP) is 4.20. The van der Waals surface area contributed by atoms with Crippen molar-refractivity contribution in [1.29, 1.82) is 0 Å². The van der Waals surface area contributed by atoms with Gasteiger partial charge in [-0.15, -0.1) is 0 Å². The van der Waals surface area contributed by atoms with Crippen molar-refractivity contribution >= 4 is 27.5 Å². The fourth-order valence-corrected chi connectivity index (χ4v) is 8.68. The highest BCUT2D eigenvalue weighted by atomic mass is 35.5. The number of hydrogen-bond acceptors (Lipinski definition) is 3. The fourth-order valence-electron chi connectivity index (χ4n) is 5.98. The average Bonchev–Trinajstić information content (AvgIpc) is 3.04. The molecule has 142 valence electrons. The Labute approximate surface area is 161 Å². The Hall–Kier alpha value is -1.07. The number of benzene rings is 1. The van der Waals surface area contributed by atoms with Crippen LogP contribution >= 0.6 is 11.6 Å². The normalized spacial score (nSPS) is 34.7. The van der Waals surface area contributed by atoms with Crippen molar-refractivity contribution in [3.05, 3.63) is 34.9 Å². The first-order valence-electron chi connectivity index (χ1n) is 9.45. The molecule has 0 N–H and O–H groups in total. The van der Waals surface area contributed by atoms with E-state index in [9.17, 15) is 13.2 Å². The molecule has 1 aliphatic heterocycles. The molecule has 0 radical (unpaired) electrons. The quantitative estimate of drug-likeness (QED) is 0.770. The molecule has 1 aromatic carbocycles. The van der Waals surface area contributed by atoms with Crippen LogP contribution in [-0.4, -0.2) is 30.4 Å². The van der Waals surface area contributed by atoms with E-state index in [1.165, 1.54) is 4.31 Å². The largest absolute Gasteiger partial charge is 0.273 e. The highest BCUT2D eigenvalue weighted by Crippen LogP contribution is 2.70. The van der Waals surface area contributed by atoms with Crippen molar-refractivity contribution in [2.45, 2.75) is 58.4 Å². The Morgan fingerprint density at radius 3 is 2.54 bits per heavy atom. The predicted molar refractivity (Wildman–Crippen MR) is 102 cm³/mol. The van der Waals surface area contributed by atoms with E-state index in [0.717, 1.165) is 24.8 Å². The van der Waals surface area contributed by atoms with Gasteiger partial charge in [0.05, 0.1) is 17.7 Å². The van der Waals surface area contributed by atoms with Crippen LogP contribution in [0.25, 0.3) is 0 Å². The van der Waals surface area contributed by atoms with E-state index in [0.29, 0.717) is 17.4 Å². The summed E-state index contributed by atoms with van der Waals surface area (Å²) in [5, 5.41) is 0.610. The Morgan fingerprint density at radius 1 is 1.31 bits per heavy atom. The van der Waals surface area contributed by atoms with Gasteiger partial charge in [0.25, 0.3) is 0 Å². The molecule has 6 heteroatoms. The minimum absolute atomic E-state index is 0.0260. The SMILES string of the molecule is CC[C@H](C(=O)N1C2CC3CCC2(CS1(=O)=O)C3(C)C)c1ccc(Cl)cc1. The first kappa shape index (κ1) is 18.3. The topological polar surface area (TPSA) is 54.5 Å². The lowest BCUT2D eigenvalue weighted by Gasteiger charge is -2.37. The van der Waals surface area contributed by atoms with Gasteiger partial charge in [-0.05, 0) is 54.7 Å². The van der Waals surface area contributed by atoms with Gasteiger partial charge in [0.15, 0.2) is 0 Å². The van der Waals surface area contributed by atoms with Gasteiger partial charge in [-0.25, -0.2) is 12.7 Å². The summed E-state index contributed by atoms with van der Waals surface area (Å²) in [4.78, 5) is 13.4. The number of amides is 1. The summed E-state index contributed by atoms with van der Waals surface area (Å²) in [6.07, 6.45) is 3.37. The molecule has 2 aliphatic carbocycles. The van der Waals surface area contributed by atoms with E-state index in [1.807, 2.05) is 19.1 Å². The second-order valence-electron chi connectivity index (χ2n) is 8.77. The minimum atomic E-state index is -3.57. The number of fused-ring (bicyclic) bond motifs is 1. The first-order chi connectivity index (χ1) is 12.1. The van der Waals surface area contributed by atoms with Gasteiger partial charge in [0.2, 0.25) is 15.9 Å². The lowest BCUT2D eigenvalue weighted by molar-refractivity contribution is -0.130. The Bertz CT molecular complexity index is 848. The molecule has 2 saturated carbocycles. The van der Waals surface area contributed by atoms with Crippen LogP contribution in [0.4, 0.5) is 0 Å². The molecule has 3 aliphatic rings. The van der Waals surface area contributed by atoms with Crippen LogP contribution < -0.4 is 0 Å². The maximum Gasteiger partial charge on any atom is 0.243 e. The molecule has 4 rings (SSSR count). The smallest absolute Gasteiger partial charge is 0.243 e. The molecule has 4 atom stereocenters. The maximum absolute atomic E-state index is 13.4. The summed E-state index contributed by atoms with van der Waals surface area (Å²) >= 11 is 5.97. The summed E-state index contributed by atoms with van der Waals surface area (Å²) in [6.45, 7) is 6.33. The van der Waals surface area contributed by atoms with Gasteiger partial charge in [-0.3, -0.25) is 4.79 Å². The highest BCUT2D eigenvalue weighted by molar-refractivity contribution is 7.90. The summed E-state index contributed by atoms with van der Waals surface area (Å²) < 4.78 is 27.4. The molecule has 4 nitrogen and oxygen atoms in total. The van der Waals surface area contributed by atoms with E-state index in [-0.39, 0.29) is 28.5 Å². The van der Waals surface area contributed by atoms with Crippen LogP contribution in [0.2, 0.25) is 5.02 Å². The van der Waals surface area contributed by atoms with Crippen molar-refractivity contribution in [3.8, 4) is 0 Å². The molecular formula is C20H26ClNO3S. The highest BCUT2D eigenvalue weighted by Gasteiger charge is 2.72. The van der Waals surface area contributed by atoms with Crippen molar-refractivity contribution in [2.75, 3.05) is 5.75 Å². The standard InChI is InChI=1S/C20H26ClNO3S/c1-4-16(13-5-7-15(21)8-6-13)18(23)22-17-11-14-9-10-20(17,19(14,2)3)12-26(22,24)25/h5-8,14,16-17H,4,9-12H2,1-3H3/t14?,16-,17?,20?/m0/s1. The molecule has 1 saturated heterocycles. The van der Waals surface area contributed by atoms with E-state index in [1.54, 1.807) is 12.1 Å². The molecular weight excluding hydrogens is 370 g/mol. The zero-order chi connectivity index (χ0) is 18.9. The third-order valence-electron chi connectivity index (χ3n) is 7.61. The van der Waals surface area contributed by atoms with Gasteiger partial charge in [0.1, 0.15) is 0 Å². The third kappa shape index (κ3) is 2.26. The van der Waals surface area contributed by atoms with Crippen LogP contribution in [0.5, 0.6) is 0 Å². The number of hydrogen-bond donors (Lipinski definition) is 0. The van der Waals surface area contributed by atoms with E-state index >= 15 is 0 Å². The monoisotopic (exact) mass is 395 g/mol. The summed E-state index contributed by atoms with van der Waals surface area (Å²) in [5.74, 6) is -0.0786. The first-order valence-corrected chi connectivity index (χ1v) is 11.4. The molecule has 1 aromatic rings. The number of nitrogens with zero attached hydrogens (tertiary/aromatic N) is 1. The lowest BCUT2D eigenvalue weighted by atomic mass is 9.69. The molecule has 1 amide bonds. The van der Waals surface area contributed by atoms with Gasteiger partial charge < -0.3 is 0 Å². The molecule has 3 unspecified atom stereocenters. The average molecular weight is 396 g/mol. The van der Waals surface area contributed by atoms with Crippen LogP contribution in [-0.2, 0) is 14.8 Å². The second-order valence-corrected chi connectivity index (χ2v) is 11.0. The summed E-state index contributed by atoms with van der Waals surface area (Å²) in [7, 11) is -3.57. The van der Waals surface area contributed by atoms with Gasteiger partial charge in [-0.2, -0.15) is 0 Å². The summed E-state index contributed by atoms with van der Waals surface area (Å²) in [6, 6.07) is 7.01. The number of rotatable bonds is 3. The fraction of sp³-hybridized carbons (Fsp3) is 0.650. The number of carbonyl (C=O) groups excluding carboxylic acids is 1. The summed E-state index contributed by atoms with van der Waals surface area (Å²) in [5.41, 5.74) is 0.534. The Balaban J connectivity index is 1.73. The molecule has 1 heterocycles. The van der Waals surface area contributed by atoms with Crippen molar-refractivity contribution in [2.24, 2.45) is 16.7 Å². The molecule has 3 fully saturated rings. The van der Waals surface area contributed by atoms with E-state index in [2.05, 4.69) is 13.8 Å². The zero-order valence-electron chi connectivity index (χ0n) is 15.5. The minimum Gasteiger partial charge on any atom is -0.273 e. The third-order valence-corrected chi connectivity index (χ3v) is 9.77. The maximum atomic E-state index is 13.4. The van der Waals surface area contributed by atoms with E-state index in [4.69, 9.17) is 11.6 Å². The van der Waals surface area contributed by atoms with Crippen molar-refractivity contribution in [1.82, 2.24) is 4.31 Å². The molecule has 0 aromatic heterocycles. The van der Waals surface area contributed by atoms with E-state index < -0.39 is 15.9 Å². The van der Waals surface area contributed by atoms with Gasteiger partial charge in [0, 0.05) is 10.4 Å². The van der Waals surface area contributed by atoms with Crippen molar-refractivity contribution < 1.29 is 13.2 Å². The molecule has 2 bridgehead atoms. The number of halogens is 1. The van der Waals surface area contributed by atoms with Crippen LogP contribution in [0, 0.1) is 16.7 Å². The molecule has 26 heavy (non-hydrogen) atoms. The lowest BCUT2D eigenvalue weighted by Crippen LogP contribution is -2.45. The van der Waals surface area contributed by atoms with Crippen molar-refractivity contribution in [3.63, 3.8) is 0 Å². The van der Waals surface area contributed by atoms with Gasteiger partial charge >= 0.3 is 0 Å². The Morgan fingerprint density at radius 2 is 1.96 bits per heavy atom. The van der Waals surface area contributed by atoms with Crippen LogP contribution in [0.3, 0.4) is 0 Å². The van der Waals surface area contributed by atoms with Crippen LogP contribution in [0.1, 0.15) is 57.9 Å². The zero-order valence-corrected chi connectivity index (χ0v) is 17.1. The van der Waals surface area contributed by atoms with Crippen LogP contribution in [0.15, 0.2) is 24.3 Å². The number of carbonyl (C=O) groups is 1. The second kappa shape index (κ2) is 5.71. The van der Waals surface area contributed by atoms with Gasteiger partial charge in [-0.1, -0.05) is 44.5 Å². The Kier molecular flexibility index (Phi) is 4.02.